The van der Waals surface area contributed by atoms with Gasteiger partial charge in [0.25, 0.3) is 0 Å². The van der Waals surface area contributed by atoms with Gasteiger partial charge in [-0.15, -0.1) is 0 Å². The van der Waals surface area contributed by atoms with Gasteiger partial charge in [0.15, 0.2) is 0 Å². The quantitative estimate of drug-likeness (QED) is 0.886. The zero-order valence-corrected chi connectivity index (χ0v) is 12.7. The maximum atomic E-state index is 12.8. The number of rotatable bonds is 4. The number of aliphatic hydroxyl groups is 1. The van der Waals surface area contributed by atoms with Crippen molar-refractivity contribution >= 4 is 11.8 Å². The van der Waals surface area contributed by atoms with E-state index in [-0.39, 0.29) is 31.7 Å². The van der Waals surface area contributed by atoms with Crippen LogP contribution in [0.1, 0.15) is 31.7 Å². The number of aliphatic carboxylic acids is 1. The summed E-state index contributed by atoms with van der Waals surface area (Å²) in [6.07, 6.45) is -3.48. The molecule has 0 aromatic carbocycles. The third-order valence-corrected chi connectivity index (χ3v) is 4.30. The van der Waals surface area contributed by atoms with E-state index in [2.05, 4.69) is 4.98 Å². The van der Waals surface area contributed by atoms with Gasteiger partial charge in [0, 0.05) is 19.3 Å². The molecule has 2 rings (SSSR count). The molecule has 1 aliphatic rings. The van der Waals surface area contributed by atoms with Crippen molar-refractivity contribution in [2.24, 2.45) is 5.41 Å². The molecule has 0 aliphatic carbocycles. The van der Waals surface area contributed by atoms with E-state index < -0.39 is 29.2 Å². The molecule has 1 fully saturated rings. The van der Waals surface area contributed by atoms with Crippen LogP contribution in [0.5, 0.6) is 0 Å². The molecule has 0 bridgehead atoms. The van der Waals surface area contributed by atoms with Gasteiger partial charge in [0.05, 0.1) is 11.7 Å². The number of hydrogen-bond acceptors (Lipinski definition) is 4. The van der Waals surface area contributed by atoms with Crippen LogP contribution >= 0.6 is 0 Å². The number of halogens is 3. The first-order valence-corrected chi connectivity index (χ1v) is 7.40. The summed E-state index contributed by atoms with van der Waals surface area (Å²) in [5.41, 5.74) is -2.21. The Morgan fingerprint density at radius 2 is 2.22 bits per heavy atom. The van der Waals surface area contributed by atoms with Crippen LogP contribution in [-0.2, 0) is 11.0 Å². The first-order valence-electron chi connectivity index (χ1n) is 7.40. The van der Waals surface area contributed by atoms with Crippen LogP contribution in [0.3, 0.4) is 0 Å². The lowest BCUT2D eigenvalue weighted by Crippen LogP contribution is -2.56. The van der Waals surface area contributed by atoms with Crippen LogP contribution in [0.15, 0.2) is 18.3 Å². The number of carboxylic acids is 1. The number of pyridine rings is 1. The fourth-order valence-electron chi connectivity index (χ4n) is 3.05. The van der Waals surface area contributed by atoms with Gasteiger partial charge in [0.1, 0.15) is 11.2 Å². The maximum absolute atomic E-state index is 12.8. The van der Waals surface area contributed by atoms with Gasteiger partial charge in [0.2, 0.25) is 0 Å². The van der Waals surface area contributed by atoms with Crippen LogP contribution in [0.4, 0.5) is 19.0 Å². The lowest BCUT2D eigenvalue weighted by atomic mass is 9.74. The molecular weight excluding hydrogens is 313 g/mol. The third kappa shape index (κ3) is 3.41. The largest absolute Gasteiger partial charge is 0.481 e. The molecule has 0 unspecified atom stereocenters. The van der Waals surface area contributed by atoms with E-state index in [0.29, 0.717) is 6.42 Å². The average molecular weight is 332 g/mol. The molecule has 1 aromatic heterocycles. The Morgan fingerprint density at radius 1 is 1.52 bits per heavy atom. The van der Waals surface area contributed by atoms with Gasteiger partial charge in [-0.1, -0.05) is 13.3 Å². The molecule has 0 radical (unpaired) electrons. The van der Waals surface area contributed by atoms with Crippen molar-refractivity contribution in [3.63, 3.8) is 0 Å². The van der Waals surface area contributed by atoms with Crippen molar-refractivity contribution in [3.8, 4) is 0 Å². The van der Waals surface area contributed by atoms with Gasteiger partial charge in [-0.05, 0) is 25.0 Å². The highest BCUT2D eigenvalue weighted by Crippen LogP contribution is 2.38. The fourth-order valence-corrected chi connectivity index (χ4v) is 3.05. The average Bonchev–Trinajstić information content (AvgIpc) is 2.49. The molecule has 1 aromatic rings. The Labute approximate surface area is 131 Å². The maximum Gasteiger partial charge on any atom is 0.416 e. The number of hydrogen-bond donors (Lipinski definition) is 2. The van der Waals surface area contributed by atoms with Gasteiger partial charge >= 0.3 is 12.1 Å². The number of aliphatic hydroxyl groups excluding tert-OH is 1. The molecule has 23 heavy (non-hydrogen) atoms. The summed E-state index contributed by atoms with van der Waals surface area (Å²) >= 11 is 0. The third-order valence-electron chi connectivity index (χ3n) is 4.30. The van der Waals surface area contributed by atoms with Crippen LogP contribution in [0, 0.1) is 5.41 Å². The highest BCUT2D eigenvalue weighted by atomic mass is 19.4. The van der Waals surface area contributed by atoms with Crippen molar-refractivity contribution < 1.29 is 28.2 Å². The molecule has 0 saturated carbocycles. The fraction of sp³-hybridized carbons (Fsp3) is 0.600. The molecule has 2 N–H and O–H groups in total. The molecule has 128 valence electrons. The van der Waals surface area contributed by atoms with E-state index in [1.54, 1.807) is 6.92 Å². The molecule has 0 amide bonds. The minimum atomic E-state index is -4.49. The molecule has 2 atom stereocenters. The molecule has 8 heteroatoms. The molecular formula is C15H19F3N2O3. The number of anilines is 1. The summed E-state index contributed by atoms with van der Waals surface area (Å²) in [6.45, 7) is 2.00. The Kier molecular flexibility index (Phi) is 4.84. The SMILES string of the molecule is CCC[C@@]1(C(=O)O)CN(c2cc(C(F)(F)F)ccn2)CC[C@@H]1O. The molecule has 5 nitrogen and oxygen atoms in total. The summed E-state index contributed by atoms with van der Waals surface area (Å²) < 4.78 is 38.5. The first-order chi connectivity index (χ1) is 10.7. The van der Waals surface area contributed by atoms with E-state index in [1.807, 2.05) is 0 Å². The molecule has 2 heterocycles. The van der Waals surface area contributed by atoms with Crippen LogP contribution in [-0.4, -0.2) is 40.4 Å². The van der Waals surface area contributed by atoms with Crippen LogP contribution < -0.4 is 4.90 Å². The van der Waals surface area contributed by atoms with Gasteiger partial charge in [-0.2, -0.15) is 13.2 Å². The normalized spacial score (nSPS) is 25.4. The highest BCUT2D eigenvalue weighted by Gasteiger charge is 2.48. The Bertz CT molecular complexity index is 579. The highest BCUT2D eigenvalue weighted by molar-refractivity contribution is 5.77. The van der Waals surface area contributed by atoms with E-state index in [4.69, 9.17) is 0 Å². The second-order valence-electron chi connectivity index (χ2n) is 5.84. The van der Waals surface area contributed by atoms with Crippen molar-refractivity contribution in [2.45, 2.75) is 38.5 Å². The number of alkyl halides is 3. The topological polar surface area (TPSA) is 73.7 Å². The Balaban J connectivity index is 2.33. The standard InChI is InChI=1S/C15H19F3N2O3/c1-2-5-14(13(22)23)9-20(7-4-11(14)21)12-8-10(3-6-19-12)15(16,17)18/h3,6,8,11,21H,2,4-5,7,9H2,1H3,(H,22,23)/t11-,14+/m0/s1. The predicted octanol–water partition coefficient (Wildman–Crippen LogP) is 2.54. The van der Waals surface area contributed by atoms with Crippen molar-refractivity contribution in [3.05, 3.63) is 23.9 Å². The number of carbonyl (C=O) groups is 1. The Hall–Kier alpha value is -1.83. The second-order valence-corrected chi connectivity index (χ2v) is 5.84. The number of nitrogens with zero attached hydrogens (tertiary/aromatic N) is 2. The van der Waals surface area contributed by atoms with Crippen molar-refractivity contribution in [1.29, 1.82) is 0 Å². The van der Waals surface area contributed by atoms with E-state index in [1.165, 1.54) is 4.90 Å². The van der Waals surface area contributed by atoms with E-state index in [0.717, 1.165) is 18.3 Å². The van der Waals surface area contributed by atoms with E-state index in [9.17, 15) is 28.2 Å². The lowest BCUT2D eigenvalue weighted by molar-refractivity contribution is -0.158. The molecule has 1 aliphatic heterocycles. The number of carboxylic acid groups (broad SMARTS) is 1. The lowest BCUT2D eigenvalue weighted by Gasteiger charge is -2.43. The smallest absolute Gasteiger partial charge is 0.416 e. The monoisotopic (exact) mass is 332 g/mol. The van der Waals surface area contributed by atoms with Crippen molar-refractivity contribution in [1.82, 2.24) is 4.98 Å². The summed E-state index contributed by atoms with van der Waals surface area (Å²) in [4.78, 5) is 17.1. The minimum Gasteiger partial charge on any atom is -0.481 e. The van der Waals surface area contributed by atoms with Gasteiger partial charge in [-0.25, -0.2) is 4.98 Å². The van der Waals surface area contributed by atoms with Gasteiger partial charge in [-0.3, -0.25) is 4.79 Å². The second kappa shape index (κ2) is 6.35. The number of aromatic nitrogens is 1. The molecule has 0 spiro atoms. The Morgan fingerprint density at radius 3 is 2.78 bits per heavy atom. The predicted molar refractivity (Wildman–Crippen MR) is 77.1 cm³/mol. The van der Waals surface area contributed by atoms with Crippen LogP contribution in [0.25, 0.3) is 0 Å². The van der Waals surface area contributed by atoms with Crippen LogP contribution in [0.2, 0.25) is 0 Å². The first kappa shape index (κ1) is 17.5. The minimum absolute atomic E-state index is 0.0638. The zero-order chi connectivity index (χ0) is 17.3. The summed E-state index contributed by atoms with van der Waals surface area (Å²) in [5.74, 6) is -1.06. The summed E-state index contributed by atoms with van der Waals surface area (Å²) in [6, 6.07) is 1.79. The molecule has 1 saturated heterocycles. The van der Waals surface area contributed by atoms with Gasteiger partial charge < -0.3 is 15.1 Å². The van der Waals surface area contributed by atoms with Crippen molar-refractivity contribution in [2.75, 3.05) is 18.0 Å². The zero-order valence-electron chi connectivity index (χ0n) is 12.7. The number of piperidine rings is 1. The summed E-state index contributed by atoms with van der Waals surface area (Å²) in [7, 11) is 0. The van der Waals surface area contributed by atoms with E-state index >= 15 is 0 Å². The summed E-state index contributed by atoms with van der Waals surface area (Å²) in [5, 5.41) is 19.7.